The molecule has 1 saturated carbocycles. The molecule has 7 nitrogen and oxygen atoms in total. The molecule has 0 atom stereocenters. The Morgan fingerprint density at radius 1 is 1.23 bits per heavy atom. The molecule has 0 saturated heterocycles. The van der Waals surface area contributed by atoms with E-state index in [0.29, 0.717) is 34.9 Å². The largest absolute Gasteiger partial charge is 0.359 e. The van der Waals surface area contributed by atoms with Crippen LogP contribution in [0.2, 0.25) is 0 Å². The molecule has 0 unspecified atom stereocenters. The minimum absolute atomic E-state index is 0.171. The number of hydrogen-bond acceptors (Lipinski definition) is 5. The lowest BCUT2D eigenvalue weighted by Gasteiger charge is -2.15. The van der Waals surface area contributed by atoms with E-state index >= 15 is 0 Å². The van der Waals surface area contributed by atoms with Crippen LogP contribution in [0.15, 0.2) is 28.8 Å². The van der Waals surface area contributed by atoms with Crippen molar-refractivity contribution >= 4 is 23.2 Å². The number of nitrogens with one attached hydrogen (secondary N) is 3. The van der Waals surface area contributed by atoms with E-state index < -0.39 is 0 Å². The molecule has 1 aliphatic rings. The van der Waals surface area contributed by atoms with Crippen LogP contribution >= 0.6 is 12.2 Å². The Bertz CT molecular complexity index is 759. The molecule has 26 heavy (non-hydrogen) atoms. The maximum atomic E-state index is 12.9. The second-order valence-corrected chi connectivity index (χ2v) is 6.55. The lowest BCUT2D eigenvalue weighted by Crippen LogP contribution is -2.49. The number of hydrazine groups is 1. The summed E-state index contributed by atoms with van der Waals surface area (Å²) in [4.78, 5) is 16.1. The molecule has 2 aromatic rings. The Hall–Kier alpha value is -2.55. The van der Waals surface area contributed by atoms with Crippen molar-refractivity contribution in [3.8, 4) is 11.4 Å². The van der Waals surface area contributed by atoms with E-state index in [-0.39, 0.29) is 18.1 Å². The number of aryl methyl sites for hydroxylation is 1. The van der Waals surface area contributed by atoms with E-state index in [4.69, 9.17) is 16.7 Å². The molecule has 1 aromatic heterocycles. The number of rotatable bonds is 5. The van der Waals surface area contributed by atoms with Gasteiger partial charge in [-0.3, -0.25) is 15.6 Å². The first-order chi connectivity index (χ1) is 12.6. The Labute approximate surface area is 155 Å². The Kier molecular flexibility index (Phi) is 6.11. The highest BCUT2D eigenvalue weighted by Crippen LogP contribution is 2.17. The summed E-state index contributed by atoms with van der Waals surface area (Å²) >= 11 is 5.15. The van der Waals surface area contributed by atoms with Crippen molar-refractivity contribution in [3.05, 3.63) is 36.0 Å². The fourth-order valence-corrected chi connectivity index (χ4v) is 2.99. The van der Waals surface area contributed by atoms with E-state index in [0.717, 1.165) is 12.8 Å². The molecule has 3 N–H and O–H groups in total. The first-order valence-electron chi connectivity index (χ1n) is 8.54. The predicted octanol–water partition coefficient (Wildman–Crippen LogP) is 2.25. The van der Waals surface area contributed by atoms with Gasteiger partial charge in [0.05, 0.1) is 0 Å². The molecule has 0 radical (unpaired) electrons. The second-order valence-electron chi connectivity index (χ2n) is 6.15. The van der Waals surface area contributed by atoms with Crippen molar-refractivity contribution in [1.29, 1.82) is 0 Å². The van der Waals surface area contributed by atoms with Gasteiger partial charge >= 0.3 is 0 Å². The van der Waals surface area contributed by atoms with Crippen molar-refractivity contribution in [2.24, 2.45) is 0 Å². The summed E-state index contributed by atoms with van der Waals surface area (Å²) in [7, 11) is 0. The summed E-state index contributed by atoms with van der Waals surface area (Å²) in [6, 6.07) is 6.17. The van der Waals surface area contributed by atoms with Crippen LogP contribution < -0.4 is 16.2 Å². The smallest absolute Gasteiger partial charge is 0.238 e. The van der Waals surface area contributed by atoms with Crippen LogP contribution in [-0.2, 0) is 11.2 Å². The van der Waals surface area contributed by atoms with Crippen molar-refractivity contribution in [1.82, 2.24) is 26.3 Å². The monoisotopic (exact) mass is 377 g/mol. The topological polar surface area (TPSA) is 92.1 Å². The Morgan fingerprint density at radius 3 is 2.69 bits per heavy atom. The number of aromatic nitrogens is 2. The van der Waals surface area contributed by atoms with Gasteiger partial charge in [-0.1, -0.05) is 18.0 Å². The Balaban J connectivity index is 1.40. The van der Waals surface area contributed by atoms with Gasteiger partial charge in [0.1, 0.15) is 5.82 Å². The number of carbonyl (C=O) groups excluding carboxylic acids is 1. The van der Waals surface area contributed by atoms with Crippen LogP contribution in [0.1, 0.15) is 38.0 Å². The van der Waals surface area contributed by atoms with Crippen molar-refractivity contribution in [2.75, 3.05) is 0 Å². The summed E-state index contributed by atoms with van der Waals surface area (Å²) in [5, 5.41) is 7.43. The summed E-state index contributed by atoms with van der Waals surface area (Å²) in [6.45, 7) is 0. The maximum Gasteiger partial charge on any atom is 0.238 e. The second kappa shape index (κ2) is 8.70. The molecule has 1 aliphatic carbocycles. The van der Waals surface area contributed by atoms with E-state index in [1.54, 1.807) is 12.1 Å². The van der Waals surface area contributed by atoms with Crippen LogP contribution in [-0.4, -0.2) is 27.2 Å². The number of halogens is 1. The third-order valence-corrected chi connectivity index (χ3v) is 4.36. The molecule has 9 heteroatoms. The average molecular weight is 377 g/mol. The molecule has 0 aliphatic heterocycles. The number of carbonyl (C=O) groups is 1. The lowest BCUT2D eigenvalue weighted by molar-refractivity contribution is -0.121. The fraction of sp³-hybridized carbons (Fsp3) is 0.412. The molecule has 0 spiro atoms. The molecule has 138 valence electrons. The first-order valence-corrected chi connectivity index (χ1v) is 8.95. The third-order valence-electron chi connectivity index (χ3n) is 4.14. The zero-order valence-electron chi connectivity index (χ0n) is 14.1. The van der Waals surface area contributed by atoms with E-state index in [2.05, 4.69) is 26.3 Å². The predicted molar refractivity (Wildman–Crippen MR) is 97.3 cm³/mol. The molecule has 1 fully saturated rings. The van der Waals surface area contributed by atoms with Gasteiger partial charge in [0.2, 0.25) is 17.6 Å². The highest BCUT2D eigenvalue weighted by molar-refractivity contribution is 7.80. The molecule has 3 rings (SSSR count). The standard InChI is InChI=1S/C17H20FN5O2S/c18-12-7-5-11(6-8-12)16-20-15(25-23-16)10-9-14(24)21-22-17(26)19-13-3-1-2-4-13/h5-8,13H,1-4,9-10H2,(H,21,24)(H2,19,22,26). The fourth-order valence-electron chi connectivity index (χ4n) is 2.77. The maximum absolute atomic E-state index is 12.9. The van der Waals surface area contributed by atoms with E-state index in [9.17, 15) is 9.18 Å². The normalized spacial score (nSPS) is 14.2. The molecule has 1 aromatic carbocycles. The van der Waals surface area contributed by atoms with Crippen molar-refractivity contribution in [2.45, 2.75) is 44.6 Å². The average Bonchev–Trinajstić information content (AvgIpc) is 3.31. The van der Waals surface area contributed by atoms with Crippen molar-refractivity contribution in [3.63, 3.8) is 0 Å². The van der Waals surface area contributed by atoms with Crippen LogP contribution in [0.4, 0.5) is 4.39 Å². The minimum atomic E-state index is -0.332. The van der Waals surface area contributed by atoms with Crippen molar-refractivity contribution < 1.29 is 13.7 Å². The lowest BCUT2D eigenvalue weighted by atomic mass is 10.2. The van der Waals surface area contributed by atoms with E-state index in [1.165, 1.54) is 25.0 Å². The summed E-state index contributed by atoms with van der Waals surface area (Å²) in [5.41, 5.74) is 5.90. The van der Waals surface area contributed by atoms with Gasteiger partial charge in [0.15, 0.2) is 5.11 Å². The number of hydrogen-bond donors (Lipinski definition) is 3. The van der Waals surface area contributed by atoms with Gasteiger partial charge in [0, 0.05) is 24.4 Å². The number of benzene rings is 1. The summed E-state index contributed by atoms with van der Waals surface area (Å²) < 4.78 is 18.1. The van der Waals surface area contributed by atoms with Gasteiger partial charge in [-0.05, 0) is 49.3 Å². The summed E-state index contributed by atoms with van der Waals surface area (Å²) in [6.07, 6.45) is 5.08. The van der Waals surface area contributed by atoms with Crippen LogP contribution in [0.3, 0.4) is 0 Å². The third kappa shape index (κ3) is 5.22. The van der Waals surface area contributed by atoms with Gasteiger partial charge < -0.3 is 9.84 Å². The zero-order valence-corrected chi connectivity index (χ0v) is 14.9. The highest BCUT2D eigenvalue weighted by atomic mass is 32.1. The highest BCUT2D eigenvalue weighted by Gasteiger charge is 2.16. The zero-order chi connectivity index (χ0) is 18.4. The van der Waals surface area contributed by atoms with E-state index in [1.807, 2.05) is 0 Å². The molecular weight excluding hydrogens is 357 g/mol. The molecule has 1 heterocycles. The Morgan fingerprint density at radius 2 is 1.96 bits per heavy atom. The first kappa shape index (κ1) is 18.2. The van der Waals surface area contributed by atoms with Gasteiger partial charge in [-0.15, -0.1) is 0 Å². The van der Waals surface area contributed by atoms with Crippen LogP contribution in [0, 0.1) is 5.82 Å². The minimum Gasteiger partial charge on any atom is -0.359 e. The number of amides is 1. The van der Waals surface area contributed by atoms with Gasteiger partial charge in [0.25, 0.3) is 0 Å². The van der Waals surface area contributed by atoms with Gasteiger partial charge in [-0.25, -0.2) is 4.39 Å². The number of thiocarbonyl (C=S) groups is 1. The van der Waals surface area contributed by atoms with Gasteiger partial charge in [-0.2, -0.15) is 4.98 Å². The van der Waals surface area contributed by atoms with Crippen LogP contribution in [0.25, 0.3) is 11.4 Å². The number of nitrogens with zero attached hydrogens (tertiary/aromatic N) is 2. The van der Waals surface area contributed by atoms with Crippen LogP contribution in [0.5, 0.6) is 0 Å². The molecule has 1 amide bonds. The SMILES string of the molecule is O=C(CCc1nc(-c2ccc(F)cc2)no1)NNC(=S)NC1CCCC1. The molecular formula is C17H20FN5O2S. The quantitative estimate of drug-likeness (QED) is 0.544. The summed E-state index contributed by atoms with van der Waals surface area (Å²) in [5.74, 6) is 0.135. The molecule has 0 bridgehead atoms.